The van der Waals surface area contributed by atoms with Crippen LogP contribution < -0.4 is 9.47 Å². The molecule has 0 N–H and O–H groups in total. The van der Waals surface area contributed by atoms with Crippen molar-refractivity contribution in [3.05, 3.63) is 33.0 Å². The van der Waals surface area contributed by atoms with Gasteiger partial charge < -0.3 is 9.47 Å². The first-order chi connectivity index (χ1) is 10.1. The van der Waals surface area contributed by atoms with E-state index in [2.05, 4.69) is 20.8 Å². The highest BCUT2D eigenvalue weighted by atomic mass is 35.5. The summed E-state index contributed by atoms with van der Waals surface area (Å²) < 4.78 is 10.8. The Morgan fingerprint density at radius 3 is 2.24 bits per heavy atom. The van der Waals surface area contributed by atoms with Crippen molar-refractivity contribution >= 4 is 22.9 Å². The van der Waals surface area contributed by atoms with Crippen molar-refractivity contribution < 1.29 is 9.47 Å². The fraction of sp³-hybridized carbons (Fsp3) is 0.412. The van der Waals surface area contributed by atoms with Gasteiger partial charge in [-0.15, -0.1) is 22.9 Å². The quantitative estimate of drug-likeness (QED) is 0.690. The van der Waals surface area contributed by atoms with Gasteiger partial charge in [0, 0.05) is 15.6 Å². The summed E-state index contributed by atoms with van der Waals surface area (Å²) in [6.07, 6.45) is 1.02. The van der Waals surface area contributed by atoms with Gasteiger partial charge >= 0.3 is 0 Å². The summed E-state index contributed by atoms with van der Waals surface area (Å²) in [5, 5.41) is 0. The van der Waals surface area contributed by atoms with E-state index in [9.17, 15) is 0 Å². The van der Waals surface area contributed by atoms with Crippen molar-refractivity contribution in [3.8, 4) is 22.6 Å². The summed E-state index contributed by atoms with van der Waals surface area (Å²) >= 11 is 8.03. The maximum Gasteiger partial charge on any atom is 0.161 e. The van der Waals surface area contributed by atoms with Crippen molar-refractivity contribution in [3.63, 3.8) is 0 Å². The fourth-order valence-electron chi connectivity index (χ4n) is 2.56. The predicted octanol–water partition coefficient (Wildman–Crippen LogP) is 5.35. The number of aryl methyl sites for hydroxylation is 2. The Labute approximate surface area is 135 Å². The van der Waals surface area contributed by atoms with Crippen LogP contribution in [-0.4, -0.2) is 14.2 Å². The van der Waals surface area contributed by atoms with Crippen molar-refractivity contribution in [1.29, 1.82) is 0 Å². The second-order valence-corrected chi connectivity index (χ2v) is 6.51. The van der Waals surface area contributed by atoms with Crippen LogP contribution >= 0.6 is 22.9 Å². The first-order valence-electron chi connectivity index (χ1n) is 6.97. The summed E-state index contributed by atoms with van der Waals surface area (Å²) in [5.74, 6) is 1.92. The minimum absolute atomic E-state index is 0.452. The van der Waals surface area contributed by atoms with Crippen LogP contribution in [0.1, 0.15) is 27.8 Å². The van der Waals surface area contributed by atoms with Crippen molar-refractivity contribution in [2.45, 2.75) is 33.1 Å². The number of ether oxygens (including phenoxy) is 2. The minimum Gasteiger partial charge on any atom is -0.493 e. The molecule has 0 aliphatic rings. The molecular formula is C17H21ClO2S. The number of alkyl halides is 1. The topological polar surface area (TPSA) is 18.5 Å². The SMILES string of the molecule is CCc1sc(C)c(C)c1-c1cc(OC)c(OC)cc1CCl. The molecule has 0 amide bonds. The summed E-state index contributed by atoms with van der Waals surface area (Å²) in [7, 11) is 3.31. The third-order valence-corrected chi connectivity index (χ3v) is 5.44. The molecule has 21 heavy (non-hydrogen) atoms. The number of thiophene rings is 1. The lowest BCUT2D eigenvalue weighted by Gasteiger charge is -2.15. The van der Waals surface area contributed by atoms with Crippen LogP contribution in [0.25, 0.3) is 11.1 Å². The summed E-state index contributed by atoms with van der Waals surface area (Å²) in [6.45, 7) is 6.54. The molecule has 2 aromatic rings. The number of methoxy groups -OCH3 is 2. The zero-order chi connectivity index (χ0) is 15.6. The van der Waals surface area contributed by atoms with E-state index in [0.717, 1.165) is 29.0 Å². The Morgan fingerprint density at radius 1 is 1.10 bits per heavy atom. The number of benzene rings is 1. The second-order valence-electron chi connectivity index (χ2n) is 4.93. The molecule has 0 saturated carbocycles. The second kappa shape index (κ2) is 6.71. The predicted molar refractivity (Wildman–Crippen MR) is 91.3 cm³/mol. The monoisotopic (exact) mass is 324 g/mol. The Balaban J connectivity index is 2.73. The van der Waals surface area contributed by atoms with Gasteiger partial charge in [-0.3, -0.25) is 0 Å². The molecule has 2 nitrogen and oxygen atoms in total. The van der Waals surface area contributed by atoms with E-state index in [4.69, 9.17) is 21.1 Å². The molecular weight excluding hydrogens is 304 g/mol. The third-order valence-electron chi connectivity index (χ3n) is 3.80. The van der Waals surface area contributed by atoms with Crippen LogP contribution in [-0.2, 0) is 12.3 Å². The van der Waals surface area contributed by atoms with E-state index in [1.807, 2.05) is 23.5 Å². The van der Waals surface area contributed by atoms with Gasteiger partial charge in [0.05, 0.1) is 14.2 Å². The highest BCUT2D eigenvalue weighted by Crippen LogP contribution is 2.42. The van der Waals surface area contributed by atoms with Crippen LogP contribution in [0.4, 0.5) is 0 Å². The molecule has 0 unspecified atom stereocenters. The fourth-order valence-corrected chi connectivity index (χ4v) is 3.92. The van der Waals surface area contributed by atoms with Crippen LogP contribution in [0.2, 0.25) is 0 Å². The van der Waals surface area contributed by atoms with Crippen LogP contribution in [0, 0.1) is 13.8 Å². The molecule has 0 spiro atoms. The van der Waals surface area contributed by atoms with Gasteiger partial charge in [-0.2, -0.15) is 0 Å². The molecule has 0 radical (unpaired) electrons. The average Bonchev–Trinajstić information content (AvgIpc) is 2.80. The van der Waals surface area contributed by atoms with E-state index >= 15 is 0 Å². The van der Waals surface area contributed by atoms with E-state index in [1.165, 1.54) is 20.9 Å². The number of halogens is 1. The normalized spacial score (nSPS) is 10.8. The van der Waals surface area contributed by atoms with E-state index in [-0.39, 0.29) is 0 Å². The molecule has 4 heteroatoms. The Morgan fingerprint density at radius 2 is 1.71 bits per heavy atom. The van der Waals surface area contributed by atoms with Crippen molar-refractivity contribution in [2.24, 2.45) is 0 Å². The van der Waals surface area contributed by atoms with Gasteiger partial charge in [0.15, 0.2) is 11.5 Å². The molecule has 1 heterocycles. The van der Waals surface area contributed by atoms with Gasteiger partial charge in [0.1, 0.15) is 0 Å². The minimum atomic E-state index is 0.452. The molecule has 0 saturated heterocycles. The molecule has 0 aliphatic carbocycles. The Kier molecular flexibility index (Phi) is 5.17. The van der Waals surface area contributed by atoms with Gasteiger partial charge in [-0.25, -0.2) is 0 Å². The Bertz CT molecular complexity index is 647. The van der Waals surface area contributed by atoms with E-state index in [0.29, 0.717) is 5.88 Å². The average molecular weight is 325 g/mol. The van der Waals surface area contributed by atoms with Crippen LogP contribution in [0.5, 0.6) is 11.5 Å². The van der Waals surface area contributed by atoms with Crippen molar-refractivity contribution in [2.75, 3.05) is 14.2 Å². The Hall–Kier alpha value is -1.19. The zero-order valence-corrected chi connectivity index (χ0v) is 14.7. The van der Waals surface area contributed by atoms with Gasteiger partial charge in [0.25, 0.3) is 0 Å². The third kappa shape index (κ3) is 2.90. The highest BCUT2D eigenvalue weighted by Gasteiger charge is 2.19. The standard InChI is InChI=1S/C17H21ClO2S/c1-6-16-17(10(2)11(3)21-16)13-8-15(20-5)14(19-4)7-12(13)9-18/h7-8H,6,9H2,1-5H3. The molecule has 114 valence electrons. The molecule has 0 fully saturated rings. The van der Waals surface area contributed by atoms with Gasteiger partial charge in [-0.05, 0) is 54.7 Å². The largest absolute Gasteiger partial charge is 0.493 e. The first-order valence-corrected chi connectivity index (χ1v) is 8.32. The molecule has 0 atom stereocenters. The van der Waals surface area contributed by atoms with Gasteiger partial charge in [-0.1, -0.05) is 6.92 Å². The lowest BCUT2D eigenvalue weighted by molar-refractivity contribution is 0.355. The van der Waals surface area contributed by atoms with E-state index in [1.54, 1.807) is 14.2 Å². The van der Waals surface area contributed by atoms with Crippen LogP contribution in [0.3, 0.4) is 0 Å². The number of hydrogen-bond acceptors (Lipinski definition) is 3. The first kappa shape index (κ1) is 16.2. The lowest BCUT2D eigenvalue weighted by Crippen LogP contribution is -1.96. The number of hydrogen-bond donors (Lipinski definition) is 0. The summed E-state index contributed by atoms with van der Waals surface area (Å²) in [4.78, 5) is 2.75. The maximum absolute atomic E-state index is 6.17. The highest BCUT2D eigenvalue weighted by molar-refractivity contribution is 7.12. The van der Waals surface area contributed by atoms with Crippen molar-refractivity contribution in [1.82, 2.24) is 0 Å². The van der Waals surface area contributed by atoms with Gasteiger partial charge in [0.2, 0.25) is 0 Å². The zero-order valence-electron chi connectivity index (χ0n) is 13.2. The molecule has 1 aromatic heterocycles. The summed E-state index contributed by atoms with van der Waals surface area (Å²) in [6, 6.07) is 4.03. The summed E-state index contributed by atoms with van der Waals surface area (Å²) in [5.41, 5.74) is 4.86. The van der Waals surface area contributed by atoms with E-state index < -0.39 is 0 Å². The molecule has 2 rings (SSSR count). The molecule has 0 bridgehead atoms. The molecule has 0 aliphatic heterocycles. The lowest BCUT2D eigenvalue weighted by atomic mass is 9.95. The molecule has 1 aromatic carbocycles. The van der Waals surface area contributed by atoms with Crippen LogP contribution in [0.15, 0.2) is 12.1 Å². The smallest absolute Gasteiger partial charge is 0.161 e. The number of rotatable bonds is 5. The maximum atomic E-state index is 6.17.